The fourth-order valence-electron chi connectivity index (χ4n) is 12.4. The molecule has 2 aliphatic carbocycles. The van der Waals surface area contributed by atoms with E-state index < -0.39 is 10.8 Å². The minimum absolute atomic E-state index is 0.487. The van der Waals surface area contributed by atoms with Gasteiger partial charge in [0.1, 0.15) is 0 Å². The van der Waals surface area contributed by atoms with Gasteiger partial charge in [0, 0.05) is 33.5 Å². The summed E-state index contributed by atoms with van der Waals surface area (Å²) in [5.41, 5.74) is 18.8. The maximum atomic E-state index is 2.42. The Morgan fingerprint density at radius 2 is 0.824 bits per heavy atom. The first-order valence-corrected chi connectivity index (χ1v) is 23.7. The zero-order chi connectivity index (χ0) is 44.8. The molecule has 0 spiro atoms. The lowest BCUT2D eigenvalue weighted by Crippen LogP contribution is -2.44. The highest BCUT2D eigenvalue weighted by atomic mass is 15.1. The van der Waals surface area contributed by atoms with E-state index in [-0.39, 0.29) is 0 Å². The molecule has 2 unspecified atom stereocenters. The predicted molar refractivity (Wildman–Crippen MR) is 282 cm³/mol. The highest BCUT2D eigenvalue weighted by molar-refractivity contribution is 6.11. The van der Waals surface area contributed by atoms with Gasteiger partial charge in [-0.3, -0.25) is 0 Å². The summed E-state index contributed by atoms with van der Waals surface area (Å²) in [7, 11) is 0. The summed E-state index contributed by atoms with van der Waals surface area (Å²) in [5, 5.41) is 4.91. The zero-order valence-electron chi connectivity index (χ0n) is 37.3. The lowest BCUT2D eigenvalue weighted by molar-refractivity contribution is 0.626. The summed E-state index contributed by atoms with van der Waals surface area (Å²) in [6, 6.07) is 99.3. The lowest BCUT2D eigenvalue weighted by Gasteiger charge is -2.49. The first-order chi connectivity index (χ1) is 33.7. The molecule has 68 heavy (non-hydrogen) atoms. The fourth-order valence-corrected chi connectivity index (χ4v) is 12.4. The number of para-hydroxylation sites is 2. The predicted octanol–water partition coefficient (Wildman–Crippen LogP) is 16.5. The second-order valence-corrected chi connectivity index (χ2v) is 18.4. The van der Waals surface area contributed by atoms with Crippen molar-refractivity contribution < 1.29 is 0 Å². The molecule has 0 N–H and O–H groups in total. The molecule has 318 valence electrons. The average molecular weight is 865 g/mol. The number of anilines is 3. The number of fused-ring (bicyclic) bond motifs is 9. The van der Waals surface area contributed by atoms with Gasteiger partial charge in [0.05, 0.1) is 21.9 Å². The van der Waals surface area contributed by atoms with Crippen LogP contribution in [0.1, 0.15) is 44.5 Å². The molecule has 1 aromatic heterocycles. The van der Waals surface area contributed by atoms with Crippen LogP contribution >= 0.6 is 0 Å². The molecule has 2 nitrogen and oxygen atoms in total. The Labute approximate surface area is 396 Å². The number of aromatic nitrogens is 1. The second kappa shape index (κ2) is 14.9. The van der Waals surface area contributed by atoms with Gasteiger partial charge in [0.2, 0.25) is 0 Å². The van der Waals surface area contributed by atoms with E-state index in [1.807, 2.05) is 0 Å². The Morgan fingerprint density at radius 1 is 0.294 bits per heavy atom. The van der Waals surface area contributed by atoms with E-state index in [0.29, 0.717) is 0 Å². The molecule has 11 aromatic carbocycles. The van der Waals surface area contributed by atoms with Crippen LogP contribution in [-0.4, -0.2) is 4.57 Å². The third-order valence-corrected chi connectivity index (χ3v) is 15.1. The Bertz CT molecular complexity index is 3910. The van der Waals surface area contributed by atoms with Gasteiger partial charge in [0.15, 0.2) is 0 Å². The van der Waals surface area contributed by atoms with Crippen LogP contribution in [0.2, 0.25) is 0 Å². The molecule has 12 aromatic rings. The van der Waals surface area contributed by atoms with E-state index in [1.165, 1.54) is 88.2 Å². The van der Waals surface area contributed by atoms with E-state index in [9.17, 15) is 0 Å². The summed E-state index contributed by atoms with van der Waals surface area (Å²) < 4.78 is 2.42. The molecule has 2 heteroatoms. The van der Waals surface area contributed by atoms with Gasteiger partial charge in [-0.25, -0.2) is 0 Å². The van der Waals surface area contributed by atoms with Crippen LogP contribution in [0.25, 0.3) is 49.4 Å². The molecule has 14 rings (SSSR count). The molecule has 2 aliphatic rings. The average Bonchev–Trinajstić information content (AvgIpc) is 3.91. The normalized spacial score (nSPS) is 16.6. The van der Waals surface area contributed by atoms with Gasteiger partial charge in [0.25, 0.3) is 0 Å². The maximum Gasteiger partial charge on any atom is 0.0720 e. The minimum atomic E-state index is -0.622. The topological polar surface area (TPSA) is 8.17 Å². The quantitative estimate of drug-likeness (QED) is 0.155. The van der Waals surface area contributed by atoms with Crippen molar-refractivity contribution in [3.8, 4) is 16.8 Å². The number of benzene rings is 11. The van der Waals surface area contributed by atoms with Gasteiger partial charge >= 0.3 is 0 Å². The van der Waals surface area contributed by atoms with Crippen LogP contribution in [0.5, 0.6) is 0 Å². The largest absolute Gasteiger partial charge is 0.310 e. The van der Waals surface area contributed by atoms with Crippen molar-refractivity contribution in [2.45, 2.75) is 10.8 Å². The molecule has 0 saturated carbocycles. The van der Waals surface area contributed by atoms with Crippen LogP contribution in [0.15, 0.2) is 267 Å². The highest BCUT2D eigenvalue weighted by Crippen LogP contribution is 2.65. The molecule has 1 heterocycles. The zero-order valence-corrected chi connectivity index (χ0v) is 37.3. The van der Waals surface area contributed by atoms with Gasteiger partial charge in [-0.15, -0.1) is 0 Å². The van der Waals surface area contributed by atoms with Crippen molar-refractivity contribution in [1.82, 2.24) is 4.57 Å². The number of hydrogen-bond donors (Lipinski definition) is 0. The minimum Gasteiger partial charge on any atom is -0.310 e. The third kappa shape index (κ3) is 5.29. The van der Waals surface area contributed by atoms with Crippen molar-refractivity contribution >= 4 is 49.6 Å². The second-order valence-electron chi connectivity index (χ2n) is 18.4. The van der Waals surface area contributed by atoms with E-state index >= 15 is 0 Å². The molecule has 0 bridgehead atoms. The SMILES string of the molecule is c1ccc(N(c2ccc(C3(c4ccccc4)c4ccccc4C4(c5ccccc5)c5ccccc5-c5cccc3c54)cc2)c2ccc3c(c2)c2ccccc2n3-c2ccc3ccccc3c2)cc1. The molecule has 0 amide bonds. The van der Waals surface area contributed by atoms with E-state index in [4.69, 9.17) is 0 Å². The number of hydrogen-bond acceptors (Lipinski definition) is 1. The van der Waals surface area contributed by atoms with Crippen LogP contribution in [0.3, 0.4) is 0 Å². The van der Waals surface area contributed by atoms with E-state index in [0.717, 1.165) is 22.7 Å². The van der Waals surface area contributed by atoms with Crippen molar-refractivity contribution in [2.24, 2.45) is 0 Å². The summed E-state index contributed by atoms with van der Waals surface area (Å²) in [5.74, 6) is 0. The van der Waals surface area contributed by atoms with Crippen LogP contribution in [0.4, 0.5) is 17.1 Å². The molecule has 0 aliphatic heterocycles. The summed E-state index contributed by atoms with van der Waals surface area (Å²) >= 11 is 0. The smallest absolute Gasteiger partial charge is 0.0720 e. The Balaban J connectivity index is 0.983. The number of rotatable bonds is 7. The molecule has 0 saturated heterocycles. The molecular weight excluding hydrogens is 821 g/mol. The fraction of sp³-hybridized carbons (Fsp3) is 0.0303. The first kappa shape index (κ1) is 38.5. The van der Waals surface area contributed by atoms with Gasteiger partial charge in [-0.2, -0.15) is 0 Å². The summed E-state index contributed by atoms with van der Waals surface area (Å²) in [6.45, 7) is 0. The lowest BCUT2D eigenvalue weighted by atomic mass is 9.52. The van der Waals surface area contributed by atoms with Crippen molar-refractivity contribution in [2.75, 3.05) is 4.90 Å². The van der Waals surface area contributed by atoms with Crippen LogP contribution in [-0.2, 0) is 10.8 Å². The van der Waals surface area contributed by atoms with E-state index in [1.54, 1.807) is 0 Å². The molecular formula is C66H44N2. The standard InChI is InChI=1S/C66H44N2/c1-4-21-47(22-5-1)65(59-31-15-16-32-60(59)66(48-23-6-2-7-24-48)58-30-14-12-27-54(58)56-29-18-33-61(65)64(56)66)49-36-39-51(40-37-49)67(50-25-8-3-9-26-50)53-41-42-63-57(44-53)55-28-13-17-34-62(55)68(63)52-38-35-45-19-10-11-20-46(45)43-52/h1-44H. The Kier molecular flexibility index (Phi) is 8.45. The number of nitrogens with zero attached hydrogens (tertiary/aromatic N) is 2. The van der Waals surface area contributed by atoms with Gasteiger partial charge in [-0.05, 0) is 127 Å². The summed E-state index contributed by atoms with van der Waals surface area (Å²) in [4.78, 5) is 2.41. The molecule has 2 atom stereocenters. The van der Waals surface area contributed by atoms with Crippen molar-refractivity contribution in [3.63, 3.8) is 0 Å². The third-order valence-electron chi connectivity index (χ3n) is 15.1. The van der Waals surface area contributed by atoms with Gasteiger partial charge in [-0.1, -0.05) is 206 Å². The maximum absolute atomic E-state index is 2.42. The van der Waals surface area contributed by atoms with Crippen LogP contribution < -0.4 is 4.90 Å². The van der Waals surface area contributed by atoms with Gasteiger partial charge < -0.3 is 9.47 Å². The van der Waals surface area contributed by atoms with Crippen LogP contribution in [0, 0.1) is 0 Å². The summed E-state index contributed by atoms with van der Waals surface area (Å²) in [6.07, 6.45) is 0. The van der Waals surface area contributed by atoms with Crippen molar-refractivity contribution in [3.05, 3.63) is 311 Å². The Morgan fingerprint density at radius 3 is 1.59 bits per heavy atom. The molecule has 0 radical (unpaired) electrons. The Hall–Kier alpha value is -8.72. The van der Waals surface area contributed by atoms with Crippen molar-refractivity contribution in [1.29, 1.82) is 0 Å². The first-order valence-electron chi connectivity index (χ1n) is 23.7. The molecule has 0 fully saturated rings. The highest BCUT2D eigenvalue weighted by Gasteiger charge is 2.57. The van der Waals surface area contributed by atoms with E-state index in [2.05, 4.69) is 276 Å². The monoisotopic (exact) mass is 864 g/mol.